The summed E-state index contributed by atoms with van der Waals surface area (Å²) in [6.45, 7) is 10.7. The van der Waals surface area contributed by atoms with Crippen LogP contribution in [0.3, 0.4) is 0 Å². The summed E-state index contributed by atoms with van der Waals surface area (Å²) in [5.41, 5.74) is 0. The Labute approximate surface area is 138 Å². The Morgan fingerprint density at radius 1 is 0.955 bits per heavy atom. The number of nitrogens with one attached hydrogen (secondary N) is 2. The van der Waals surface area contributed by atoms with Gasteiger partial charge >= 0.3 is 0 Å². The van der Waals surface area contributed by atoms with E-state index in [1.807, 2.05) is 0 Å². The minimum absolute atomic E-state index is 0.225. The average molecular weight is 311 g/mol. The molecule has 3 nitrogen and oxygen atoms in total. The molecule has 0 aliphatic heterocycles. The van der Waals surface area contributed by atoms with Crippen LogP contribution in [0.2, 0.25) is 0 Å². The van der Waals surface area contributed by atoms with Crippen molar-refractivity contribution in [2.24, 2.45) is 17.8 Å². The van der Waals surface area contributed by atoms with Gasteiger partial charge in [0.25, 0.3) is 0 Å². The van der Waals surface area contributed by atoms with Crippen molar-refractivity contribution in [1.82, 2.24) is 10.6 Å². The van der Waals surface area contributed by atoms with Crippen molar-refractivity contribution in [3.8, 4) is 0 Å². The molecule has 0 aromatic rings. The van der Waals surface area contributed by atoms with E-state index in [4.69, 9.17) is 0 Å². The molecular weight excluding hydrogens is 272 g/mol. The molecule has 1 aliphatic carbocycles. The van der Waals surface area contributed by atoms with Gasteiger partial charge in [-0.2, -0.15) is 0 Å². The van der Waals surface area contributed by atoms with Gasteiger partial charge in [-0.05, 0) is 44.1 Å². The van der Waals surface area contributed by atoms with E-state index in [0.29, 0.717) is 23.8 Å². The van der Waals surface area contributed by atoms with Gasteiger partial charge in [0, 0.05) is 18.5 Å². The largest absolute Gasteiger partial charge is 0.356 e. The summed E-state index contributed by atoms with van der Waals surface area (Å²) in [4.78, 5) is 12.5. The third-order valence-corrected chi connectivity index (χ3v) is 4.88. The quantitative estimate of drug-likeness (QED) is 0.596. The first-order valence-corrected chi connectivity index (χ1v) is 9.53. The molecule has 1 rings (SSSR count). The van der Waals surface area contributed by atoms with Crippen LogP contribution in [0.4, 0.5) is 0 Å². The van der Waals surface area contributed by atoms with E-state index in [9.17, 15) is 4.79 Å². The number of carbonyl (C=O) groups is 1. The zero-order chi connectivity index (χ0) is 16.4. The topological polar surface area (TPSA) is 41.1 Å². The van der Waals surface area contributed by atoms with E-state index in [1.165, 1.54) is 44.9 Å². The molecule has 1 amide bonds. The minimum Gasteiger partial charge on any atom is -0.356 e. The fourth-order valence-corrected chi connectivity index (χ4v) is 3.70. The Morgan fingerprint density at radius 2 is 1.59 bits per heavy atom. The minimum atomic E-state index is 0.225. The molecule has 0 spiro atoms. The first-order chi connectivity index (χ1) is 10.5. The first-order valence-electron chi connectivity index (χ1n) is 9.53. The molecule has 130 valence electrons. The summed E-state index contributed by atoms with van der Waals surface area (Å²) in [5.74, 6) is 1.60. The number of hydrogen-bond donors (Lipinski definition) is 2. The van der Waals surface area contributed by atoms with Crippen LogP contribution in [0, 0.1) is 17.8 Å². The van der Waals surface area contributed by atoms with Crippen LogP contribution in [0.15, 0.2) is 0 Å². The second-order valence-electron chi connectivity index (χ2n) is 7.63. The molecule has 0 bridgehead atoms. The molecular formula is C19H38N2O. The summed E-state index contributed by atoms with van der Waals surface area (Å²) in [6, 6.07) is 0.571. The van der Waals surface area contributed by atoms with Gasteiger partial charge in [0.15, 0.2) is 0 Å². The van der Waals surface area contributed by atoms with E-state index >= 15 is 0 Å². The molecule has 1 saturated carbocycles. The van der Waals surface area contributed by atoms with E-state index in [0.717, 1.165) is 19.5 Å². The van der Waals surface area contributed by atoms with E-state index in [2.05, 4.69) is 38.3 Å². The van der Waals surface area contributed by atoms with Gasteiger partial charge < -0.3 is 10.6 Å². The Kier molecular flexibility index (Phi) is 9.77. The van der Waals surface area contributed by atoms with Gasteiger partial charge in [0.1, 0.15) is 0 Å². The SMILES string of the molecule is CC(C)NCCCCCNC(=O)C(C(C)C)C1CCCCC1. The van der Waals surface area contributed by atoms with Crippen molar-refractivity contribution in [1.29, 1.82) is 0 Å². The normalized spacial score (nSPS) is 17.9. The summed E-state index contributed by atoms with van der Waals surface area (Å²) in [5, 5.41) is 6.64. The first kappa shape index (κ1) is 19.5. The van der Waals surface area contributed by atoms with E-state index in [-0.39, 0.29) is 5.92 Å². The third-order valence-electron chi connectivity index (χ3n) is 4.88. The van der Waals surface area contributed by atoms with Crippen LogP contribution in [0.5, 0.6) is 0 Å². The molecule has 0 heterocycles. The maximum atomic E-state index is 12.5. The van der Waals surface area contributed by atoms with Gasteiger partial charge in [0.05, 0.1) is 0 Å². The Balaban J connectivity index is 2.20. The van der Waals surface area contributed by atoms with Crippen LogP contribution in [0.25, 0.3) is 0 Å². The molecule has 1 unspecified atom stereocenters. The van der Waals surface area contributed by atoms with Crippen LogP contribution in [-0.2, 0) is 4.79 Å². The van der Waals surface area contributed by atoms with Gasteiger partial charge in [-0.3, -0.25) is 4.79 Å². The molecule has 2 N–H and O–H groups in total. The highest BCUT2D eigenvalue weighted by atomic mass is 16.1. The maximum Gasteiger partial charge on any atom is 0.223 e. The van der Waals surface area contributed by atoms with Gasteiger partial charge in [-0.25, -0.2) is 0 Å². The smallest absolute Gasteiger partial charge is 0.223 e. The lowest BCUT2D eigenvalue weighted by atomic mass is 9.74. The molecule has 0 saturated heterocycles. The highest BCUT2D eigenvalue weighted by Gasteiger charge is 2.31. The van der Waals surface area contributed by atoms with Gasteiger partial charge in [0.2, 0.25) is 5.91 Å². The van der Waals surface area contributed by atoms with Crippen molar-refractivity contribution in [2.75, 3.05) is 13.1 Å². The third kappa shape index (κ3) is 7.62. The summed E-state index contributed by atoms with van der Waals surface area (Å²) in [7, 11) is 0. The van der Waals surface area contributed by atoms with E-state index < -0.39 is 0 Å². The average Bonchev–Trinajstić information content (AvgIpc) is 2.47. The van der Waals surface area contributed by atoms with Crippen LogP contribution in [-0.4, -0.2) is 25.0 Å². The lowest BCUT2D eigenvalue weighted by molar-refractivity contribution is -0.128. The standard InChI is InChI=1S/C19H38N2O/c1-15(2)18(17-11-7-5-8-12-17)19(22)21-14-10-6-9-13-20-16(3)4/h15-18,20H,5-14H2,1-4H3,(H,21,22). The molecule has 1 atom stereocenters. The molecule has 22 heavy (non-hydrogen) atoms. The van der Waals surface area contributed by atoms with Gasteiger partial charge in [-0.15, -0.1) is 0 Å². The summed E-state index contributed by atoms with van der Waals surface area (Å²) >= 11 is 0. The highest BCUT2D eigenvalue weighted by molar-refractivity contribution is 5.79. The fraction of sp³-hybridized carbons (Fsp3) is 0.947. The van der Waals surface area contributed by atoms with Crippen molar-refractivity contribution >= 4 is 5.91 Å². The zero-order valence-corrected chi connectivity index (χ0v) is 15.3. The molecule has 3 heteroatoms. The zero-order valence-electron chi connectivity index (χ0n) is 15.3. The summed E-state index contributed by atoms with van der Waals surface area (Å²) < 4.78 is 0. The second kappa shape index (κ2) is 11.0. The van der Waals surface area contributed by atoms with Crippen molar-refractivity contribution in [3.63, 3.8) is 0 Å². The molecule has 0 aromatic carbocycles. The number of unbranched alkanes of at least 4 members (excludes halogenated alkanes) is 2. The lowest BCUT2D eigenvalue weighted by Gasteiger charge is -2.32. The molecule has 1 aliphatic rings. The van der Waals surface area contributed by atoms with Crippen molar-refractivity contribution in [3.05, 3.63) is 0 Å². The second-order valence-corrected chi connectivity index (χ2v) is 7.63. The Bertz CT molecular complexity index is 296. The number of hydrogen-bond acceptors (Lipinski definition) is 2. The maximum absolute atomic E-state index is 12.5. The van der Waals surface area contributed by atoms with Crippen molar-refractivity contribution in [2.45, 2.75) is 85.1 Å². The molecule has 1 fully saturated rings. The van der Waals surface area contributed by atoms with Crippen LogP contribution >= 0.6 is 0 Å². The molecule has 0 radical (unpaired) electrons. The number of rotatable bonds is 10. The number of carbonyl (C=O) groups excluding carboxylic acids is 1. The number of amides is 1. The summed E-state index contributed by atoms with van der Waals surface area (Å²) in [6.07, 6.45) is 9.96. The lowest BCUT2D eigenvalue weighted by Crippen LogP contribution is -2.39. The monoisotopic (exact) mass is 310 g/mol. The fourth-order valence-electron chi connectivity index (χ4n) is 3.70. The van der Waals surface area contributed by atoms with E-state index in [1.54, 1.807) is 0 Å². The Morgan fingerprint density at radius 3 is 2.18 bits per heavy atom. The molecule has 0 aromatic heterocycles. The predicted octanol–water partition coefficient (Wildman–Crippen LogP) is 4.12. The Hall–Kier alpha value is -0.570. The van der Waals surface area contributed by atoms with Crippen LogP contribution in [0.1, 0.15) is 79.1 Å². The van der Waals surface area contributed by atoms with Crippen LogP contribution < -0.4 is 10.6 Å². The van der Waals surface area contributed by atoms with Crippen molar-refractivity contribution < 1.29 is 4.79 Å². The predicted molar refractivity (Wildman–Crippen MR) is 94.9 cm³/mol. The van der Waals surface area contributed by atoms with Gasteiger partial charge in [-0.1, -0.05) is 53.4 Å². The highest BCUT2D eigenvalue weighted by Crippen LogP contribution is 2.34.